The van der Waals surface area contributed by atoms with Crippen LogP contribution in [0.4, 0.5) is 0 Å². The van der Waals surface area contributed by atoms with Gasteiger partial charge in [0.05, 0.1) is 11.0 Å². The van der Waals surface area contributed by atoms with Gasteiger partial charge in [-0.15, -0.1) is 0 Å². The molecule has 6 nitrogen and oxygen atoms in total. The molecule has 0 radical (unpaired) electrons. The van der Waals surface area contributed by atoms with Gasteiger partial charge in [-0.05, 0) is 18.9 Å². The molecule has 1 N–H and O–H groups in total. The highest BCUT2D eigenvalue weighted by molar-refractivity contribution is 5.83. The Balaban J connectivity index is 1.46. The number of nitrogens with zero attached hydrogens (tertiary/aromatic N) is 2. The number of fused-ring (bicyclic) bond motifs is 2. The number of rotatable bonds is 5. The molecule has 4 rings (SSSR count). The molecule has 0 unspecified atom stereocenters. The molecule has 1 amide bonds. The number of hydrogen-bond acceptors (Lipinski definition) is 4. The maximum Gasteiger partial charge on any atom is 0.240 e. The van der Waals surface area contributed by atoms with Gasteiger partial charge in [0, 0.05) is 18.7 Å². The lowest BCUT2D eigenvalue weighted by molar-refractivity contribution is -0.121. The molecule has 0 saturated heterocycles. The molecular formula is C20H21N3O3. The van der Waals surface area contributed by atoms with Gasteiger partial charge in [-0.2, -0.15) is 0 Å². The summed E-state index contributed by atoms with van der Waals surface area (Å²) >= 11 is 0. The third-order valence-electron chi connectivity index (χ3n) is 4.48. The Bertz CT molecular complexity index is 934. The van der Waals surface area contributed by atoms with Crippen LogP contribution in [0.2, 0.25) is 0 Å². The second-order valence-corrected chi connectivity index (χ2v) is 6.32. The molecule has 0 fully saturated rings. The van der Waals surface area contributed by atoms with E-state index in [-0.39, 0.29) is 12.5 Å². The first-order chi connectivity index (χ1) is 12.7. The van der Waals surface area contributed by atoms with Gasteiger partial charge in [0.15, 0.2) is 11.5 Å². The van der Waals surface area contributed by atoms with Crippen LogP contribution in [0.15, 0.2) is 42.5 Å². The minimum absolute atomic E-state index is 0.0294. The Morgan fingerprint density at radius 2 is 1.88 bits per heavy atom. The second-order valence-electron chi connectivity index (χ2n) is 6.32. The molecule has 1 aliphatic heterocycles. The fourth-order valence-electron chi connectivity index (χ4n) is 3.17. The van der Waals surface area contributed by atoms with Gasteiger partial charge >= 0.3 is 0 Å². The largest absolute Gasteiger partial charge is 0.486 e. The van der Waals surface area contributed by atoms with Crippen LogP contribution in [0.25, 0.3) is 11.0 Å². The van der Waals surface area contributed by atoms with Crippen molar-refractivity contribution in [2.75, 3.05) is 19.8 Å². The Hall–Kier alpha value is -3.02. The van der Waals surface area contributed by atoms with Crippen molar-refractivity contribution < 1.29 is 14.3 Å². The third kappa shape index (κ3) is 3.35. The predicted octanol–water partition coefficient (Wildman–Crippen LogP) is 2.47. The first-order valence-corrected chi connectivity index (χ1v) is 8.78. The normalized spacial score (nSPS) is 13.0. The average molecular weight is 351 g/mol. The highest BCUT2D eigenvalue weighted by Crippen LogP contribution is 2.34. The molecule has 1 aromatic heterocycles. The molecule has 2 aromatic carbocycles. The lowest BCUT2D eigenvalue weighted by atomic mass is 10.1. The van der Waals surface area contributed by atoms with E-state index in [1.807, 2.05) is 41.8 Å². The lowest BCUT2D eigenvalue weighted by Crippen LogP contribution is -2.29. The number of benzene rings is 2. The highest BCUT2D eigenvalue weighted by Gasteiger charge is 2.17. The summed E-state index contributed by atoms with van der Waals surface area (Å²) in [6.45, 7) is 3.82. The molecule has 0 spiro atoms. The molecule has 0 atom stereocenters. The Labute approximate surface area is 151 Å². The number of aryl methyl sites for hydroxylation is 1. The molecule has 6 heteroatoms. The number of ether oxygens (including phenoxy) is 2. The summed E-state index contributed by atoms with van der Waals surface area (Å²) in [7, 11) is 0. The van der Waals surface area contributed by atoms with Crippen molar-refractivity contribution in [3.05, 3.63) is 53.9 Å². The van der Waals surface area contributed by atoms with Gasteiger partial charge in [0.1, 0.15) is 25.6 Å². The molecule has 26 heavy (non-hydrogen) atoms. The molecule has 1 aliphatic rings. The van der Waals surface area contributed by atoms with E-state index >= 15 is 0 Å². The van der Waals surface area contributed by atoms with Crippen molar-refractivity contribution in [1.29, 1.82) is 0 Å². The van der Waals surface area contributed by atoms with E-state index in [0.717, 1.165) is 23.3 Å². The van der Waals surface area contributed by atoms with Crippen LogP contribution < -0.4 is 14.8 Å². The van der Waals surface area contributed by atoms with Crippen LogP contribution in [0, 0.1) is 6.92 Å². The summed E-state index contributed by atoms with van der Waals surface area (Å²) in [6.07, 6.45) is 0.814. The van der Waals surface area contributed by atoms with Crippen LogP contribution in [0.3, 0.4) is 0 Å². The predicted molar refractivity (Wildman–Crippen MR) is 98.6 cm³/mol. The van der Waals surface area contributed by atoms with E-state index in [4.69, 9.17) is 9.47 Å². The zero-order valence-corrected chi connectivity index (χ0v) is 14.7. The van der Waals surface area contributed by atoms with Crippen molar-refractivity contribution in [1.82, 2.24) is 14.9 Å². The van der Waals surface area contributed by atoms with Crippen LogP contribution in [-0.2, 0) is 17.8 Å². The van der Waals surface area contributed by atoms with Crippen LogP contribution >= 0.6 is 0 Å². The Kier molecular flexibility index (Phi) is 4.48. The summed E-state index contributed by atoms with van der Waals surface area (Å²) in [5.74, 6) is 2.17. The van der Waals surface area contributed by atoms with Gasteiger partial charge in [0.25, 0.3) is 0 Å². The average Bonchev–Trinajstić information content (AvgIpc) is 2.95. The monoisotopic (exact) mass is 351 g/mol. The van der Waals surface area contributed by atoms with E-state index in [2.05, 4.69) is 22.4 Å². The summed E-state index contributed by atoms with van der Waals surface area (Å²) in [5, 5.41) is 2.98. The van der Waals surface area contributed by atoms with Crippen molar-refractivity contribution in [2.24, 2.45) is 0 Å². The quantitative estimate of drug-likeness (QED) is 0.767. The van der Waals surface area contributed by atoms with Crippen molar-refractivity contribution >= 4 is 16.9 Å². The first-order valence-electron chi connectivity index (χ1n) is 8.78. The zero-order valence-electron chi connectivity index (χ0n) is 14.7. The van der Waals surface area contributed by atoms with Crippen molar-refractivity contribution in [3.63, 3.8) is 0 Å². The van der Waals surface area contributed by atoms with Gasteiger partial charge in [-0.1, -0.05) is 30.3 Å². The summed E-state index contributed by atoms with van der Waals surface area (Å²) in [5.41, 5.74) is 2.90. The molecule has 0 bridgehead atoms. The van der Waals surface area contributed by atoms with E-state index in [9.17, 15) is 4.79 Å². The van der Waals surface area contributed by atoms with Gasteiger partial charge in [-0.3, -0.25) is 4.79 Å². The zero-order chi connectivity index (χ0) is 17.9. The lowest BCUT2D eigenvalue weighted by Gasteiger charge is -2.18. The molecular weight excluding hydrogens is 330 g/mol. The van der Waals surface area contributed by atoms with E-state index < -0.39 is 0 Å². The Morgan fingerprint density at radius 3 is 2.65 bits per heavy atom. The maximum atomic E-state index is 12.4. The summed E-state index contributed by atoms with van der Waals surface area (Å²) in [4.78, 5) is 16.9. The summed E-state index contributed by atoms with van der Waals surface area (Å²) in [6, 6.07) is 13.9. The number of hydrogen-bond donors (Lipinski definition) is 1. The second kappa shape index (κ2) is 7.07. The van der Waals surface area contributed by atoms with Gasteiger partial charge < -0.3 is 19.4 Å². The molecule has 0 saturated carbocycles. The highest BCUT2D eigenvalue weighted by atomic mass is 16.6. The molecule has 0 aliphatic carbocycles. The molecule has 3 aromatic rings. The Morgan fingerprint density at radius 1 is 1.15 bits per heavy atom. The van der Waals surface area contributed by atoms with Gasteiger partial charge in [0.2, 0.25) is 5.91 Å². The van der Waals surface area contributed by atoms with Crippen LogP contribution in [0.5, 0.6) is 11.5 Å². The maximum absolute atomic E-state index is 12.4. The number of carbonyl (C=O) groups excluding carboxylic acids is 1. The van der Waals surface area contributed by atoms with E-state index in [0.29, 0.717) is 31.3 Å². The number of amides is 1. The fourth-order valence-corrected chi connectivity index (χ4v) is 3.17. The van der Waals surface area contributed by atoms with Crippen LogP contribution in [0.1, 0.15) is 11.4 Å². The number of carbonyl (C=O) groups is 1. The SMILES string of the molecule is Cc1nc2cc3c(cc2n1CC(=O)NCCc1ccccc1)OCCO3. The third-order valence-corrected chi connectivity index (χ3v) is 4.48. The minimum atomic E-state index is -0.0294. The molecule has 134 valence electrons. The first kappa shape index (κ1) is 16.4. The fraction of sp³-hybridized carbons (Fsp3) is 0.300. The van der Waals surface area contributed by atoms with E-state index in [1.54, 1.807) is 0 Å². The van der Waals surface area contributed by atoms with Crippen molar-refractivity contribution in [2.45, 2.75) is 19.9 Å². The van der Waals surface area contributed by atoms with E-state index in [1.165, 1.54) is 5.56 Å². The minimum Gasteiger partial charge on any atom is -0.486 e. The topological polar surface area (TPSA) is 65.4 Å². The van der Waals surface area contributed by atoms with Crippen molar-refractivity contribution in [3.8, 4) is 11.5 Å². The molecule has 2 heterocycles. The van der Waals surface area contributed by atoms with Gasteiger partial charge in [-0.25, -0.2) is 4.98 Å². The standard InChI is InChI=1S/C20H21N3O3/c1-14-22-16-11-18-19(26-10-9-25-18)12-17(16)23(14)13-20(24)21-8-7-15-5-3-2-4-6-15/h2-6,11-12H,7-10,13H2,1H3,(H,21,24). The smallest absolute Gasteiger partial charge is 0.240 e. The number of aromatic nitrogens is 2. The number of nitrogens with one attached hydrogen (secondary N) is 1. The summed E-state index contributed by atoms with van der Waals surface area (Å²) < 4.78 is 13.2. The number of imidazole rings is 1. The van der Waals surface area contributed by atoms with Crippen LogP contribution in [-0.4, -0.2) is 35.2 Å².